The molecule has 18 heavy (non-hydrogen) atoms. The van der Waals surface area contributed by atoms with Gasteiger partial charge in [0.2, 0.25) is 0 Å². The number of nitrogen functional groups attached to an aromatic ring is 1. The van der Waals surface area contributed by atoms with Gasteiger partial charge >= 0.3 is 11.9 Å². The molecule has 0 aliphatic heterocycles. The third-order valence-electron chi connectivity index (χ3n) is 2.11. The van der Waals surface area contributed by atoms with E-state index in [0.29, 0.717) is 11.3 Å². The second-order valence-corrected chi connectivity index (χ2v) is 3.43. The van der Waals surface area contributed by atoms with Crippen LogP contribution in [0.2, 0.25) is 0 Å². The van der Waals surface area contributed by atoms with Crippen molar-refractivity contribution in [1.29, 1.82) is 0 Å². The average molecular weight is 248 g/mol. The molecule has 0 heterocycles. The van der Waals surface area contributed by atoms with Crippen LogP contribution in [0.1, 0.15) is 5.56 Å². The fourth-order valence-corrected chi connectivity index (χ4v) is 1.32. The van der Waals surface area contributed by atoms with E-state index in [2.05, 4.69) is 0 Å². The van der Waals surface area contributed by atoms with Crippen LogP contribution in [0.25, 0.3) is 5.57 Å². The predicted molar refractivity (Wildman–Crippen MR) is 66.4 cm³/mol. The van der Waals surface area contributed by atoms with Gasteiger partial charge in [-0.05, 0) is 17.7 Å². The van der Waals surface area contributed by atoms with Crippen molar-refractivity contribution in [2.75, 3.05) is 5.73 Å². The first-order valence-electron chi connectivity index (χ1n) is 4.91. The molecule has 0 fully saturated rings. The van der Waals surface area contributed by atoms with Gasteiger partial charge < -0.3 is 21.7 Å². The van der Waals surface area contributed by atoms with Gasteiger partial charge in [0, 0.05) is 17.3 Å². The SMILES string of the molecule is N/C(=C\C(=C\C(=O)O)c1ccccc1N)C(=O)O. The van der Waals surface area contributed by atoms with Crippen LogP contribution in [0.3, 0.4) is 0 Å². The van der Waals surface area contributed by atoms with E-state index in [1.807, 2.05) is 0 Å². The molecule has 1 rings (SSSR count). The first-order valence-corrected chi connectivity index (χ1v) is 4.91. The molecule has 0 amide bonds. The van der Waals surface area contributed by atoms with E-state index in [9.17, 15) is 9.59 Å². The van der Waals surface area contributed by atoms with Gasteiger partial charge in [-0.2, -0.15) is 0 Å². The summed E-state index contributed by atoms with van der Waals surface area (Å²) in [4.78, 5) is 21.3. The van der Waals surface area contributed by atoms with E-state index < -0.39 is 17.6 Å². The van der Waals surface area contributed by atoms with Gasteiger partial charge in [-0.15, -0.1) is 0 Å². The van der Waals surface area contributed by atoms with Gasteiger partial charge in [0.05, 0.1) is 0 Å². The van der Waals surface area contributed by atoms with E-state index in [1.165, 1.54) is 0 Å². The molecule has 0 unspecified atom stereocenters. The largest absolute Gasteiger partial charge is 0.478 e. The Morgan fingerprint density at radius 1 is 1.11 bits per heavy atom. The molecule has 0 saturated carbocycles. The predicted octanol–water partition coefficient (Wildman–Crippen LogP) is 0.664. The Balaban J connectivity index is 3.33. The maximum absolute atomic E-state index is 10.7. The Hall–Kier alpha value is -2.76. The minimum atomic E-state index is -1.33. The molecule has 0 saturated heterocycles. The van der Waals surface area contributed by atoms with Crippen molar-refractivity contribution < 1.29 is 19.8 Å². The number of benzene rings is 1. The van der Waals surface area contributed by atoms with Crippen LogP contribution < -0.4 is 11.5 Å². The molecule has 0 radical (unpaired) electrons. The maximum Gasteiger partial charge on any atom is 0.351 e. The molecule has 6 nitrogen and oxygen atoms in total. The van der Waals surface area contributed by atoms with Crippen molar-refractivity contribution in [2.24, 2.45) is 5.73 Å². The number of hydrogen-bond acceptors (Lipinski definition) is 4. The molecule has 0 aliphatic rings. The summed E-state index contributed by atoms with van der Waals surface area (Å²) in [7, 11) is 0. The topological polar surface area (TPSA) is 127 Å². The smallest absolute Gasteiger partial charge is 0.351 e. The summed E-state index contributed by atoms with van der Waals surface area (Å²) in [6.45, 7) is 0. The standard InChI is InChI=1S/C12H12N2O4/c13-9-4-2-1-3-8(9)7(6-11(15)16)5-10(14)12(17)18/h1-6H,13-14H2,(H,15,16)(H,17,18)/b7-6-,10-5-. The van der Waals surface area contributed by atoms with E-state index in [4.69, 9.17) is 21.7 Å². The van der Waals surface area contributed by atoms with Gasteiger partial charge in [-0.25, -0.2) is 9.59 Å². The van der Waals surface area contributed by atoms with Crippen LogP contribution in [-0.2, 0) is 9.59 Å². The lowest BCUT2D eigenvalue weighted by molar-refractivity contribution is -0.133. The molecule has 6 heteroatoms. The summed E-state index contributed by atoms with van der Waals surface area (Å²) in [5.41, 5.74) is 11.4. The quantitative estimate of drug-likeness (QED) is 0.352. The van der Waals surface area contributed by atoms with Gasteiger partial charge in [-0.1, -0.05) is 18.2 Å². The molecular weight excluding hydrogens is 236 g/mol. The van der Waals surface area contributed by atoms with Crippen molar-refractivity contribution in [1.82, 2.24) is 0 Å². The van der Waals surface area contributed by atoms with Gasteiger partial charge in [0.15, 0.2) is 0 Å². The summed E-state index contributed by atoms with van der Waals surface area (Å²) in [5, 5.41) is 17.4. The van der Waals surface area contributed by atoms with Crippen molar-refractivity contribution in [3.8, 4) is 0 Å². The summed E-state index contributed by atoms with van der Waals surface area (Å²) in [5.74, 6) is -2.55. The Kier molecular flexibility index (Phi) is 4.09. The van der Waals surface area contributed by atoms with Crippen LogP contribution in [0.5, 0.6) is 0 Å². The van der Waals surface area contributed by atoms with E-state index in [1.54, 1.807) is 24.3 Å². The Morgan fingerprint density at radius 3 is 2.22 bits per heavy atom. The van der Waals surface area contributed by atoms with Crippen LogP contribution >= 0.6 is 0 Å². The minimum Gasteiger partial charge on any atom is -0.478 e. The second kappa shape index (κ2) is 5.53. The average Bonchev–Trinajstić information content (AvgIpc) is 2.28. The number of aliphatic carboxylic acids is 2. The zero-order chi connectivity index (χ0) is 13.7. The highest BCUT2D eigenvalue weighted by Crippen LogP contribution is 2.22. The molecule has 0 aromatic heterocycles. The van der Waals surface area contributed by atoms with Crippen molar-refractivity contribution >= 4 is 23.2 Å². The molecule has 0 atom stereocenters. The van der Waals surface area contributed by atoms with E-state index in [-0.39, 0.29) is 5.57 Å². The fraction of sp³-hybridized carbons (Fsp3) is 0. The molecule has 94 valence electrons. The number of rotatable bonds is 4. The molecule has 0 bridgehead atoms. The van der Waals surface area contributed by atoms with Crippen LogP contribution in [0, 0.1) is 0 Å². The van der Waals surface area contributed by atoms with Crippen molar-refractivity contribution in [3.05, 3.63) is 47.7 Å². The molecule has 6 N–H and O–H groups in total. The van der Waals surface area contributed by atoms with Gasteiger partial charge in [0.1, 0.15) is 5.70 Å². The maximum atomic E-state index is 10.7. The van der Waals surface area contributed by atoms with Crippen molar-refractivity contribution in [3.63, 3.8) is 0 Å². The number of carboxylic acids is 2. The number of allylic oxidation sites excluding steroid dienone is 2. The molecular formula is C12H12N2O4. The number of para-hydroxylation sites is 1. The lowest BCUT2D eigenvalue weighted by Crippen LogP contribution is -2.10. The lowest BCUT2D eigenvalue weighted by Gasteiger charge is -2.06. The molecule has 0 spiro atoms. The van der Waals surface area contributed by atoms with Gasteiger partial charge in [-0.3, -0.25) is 0 Å². The number of carbonyl (C=O) groups is 2. The lowest BCUT2D eigenvalue weighted by atomic mass is 10.0. The molecule has 1 aromatic carbocycles. The van der Waals surface area contributed by atoms with Crippen LogP contribution in [0.4, 0.5) is 5.69 Å². The van der Waals surface area contributed by atoms with Crippen LogP contribution in [0.15, 0.2) is 42.1 Å². The first kappa shape index (κ1) is 13.3. The van der Waals surface area contributed by atoms with Crippen LogP contribution in [-0.4, -0.2) is 22.2 Å². The summed E-state index contributed by atoms with van der Waals surface area (Å²) in [6.07, 6.45) is 1.91. The molecule has 1 aromatic rings. The minimum absolute atomic E-state index is 0.125. The van der Waals surface area contributed by atoms with E-state index in [0.717, 1.165) is 12.2 Å². The third kappa shape index (κ3) is 3.38. The monoisotopic (exact) mass is 248 g/mol. The highest BCUT2D eigenvalue weighted by Gasteiger charge is 2.08. The summed E-state index contributed by atoms with van der Waals surface area (Å²) >= 11 is 0. The Morgan fingerprint density at radius 2 is 1.72 bits per heavy atom. The highest BCUT2D eigenvalue weighted by atomic mass is 16.4. The second-order valence-electron chi connectivity index (χ2n) is 3.43. The normalized spacial score (nSPS) is 12.2. The first-order chi connectivity index (χ1) is 8.41. The third-order valence-corrected chi connectivity index (χ3v) is 2.11. The van der Waals surface area contributed by atoms with E-state index >= 15 is 0 Å². The summed E-state index contributed by atoms with van der Waals surface area (Å²) < 4.78 is 0. The number of carboxylic acid groups (broad SMARTS) is 2. The van der Waals surface area contributed by atoms with Gasteiger partial charge in [0.25, 0.3) is 0 Å². The summed E-state index contributed by atoms with van der Waals surface area (Å²) in [6, 6.07) is 6.50. The molecule has 0 aliphatic carbocycles. The number of nitrogens with two attached hydrogens (primary N) is 2. The zero-order valence-electron chi connectivity index (χ0n) is 9.33. The Labute approximate surface area is 103 Å². The fourth-order valence-electron chi connectivity index (χ4n) is 1.32. The Bertz CT molecular complexity index is 547. The highest BCUT2D eigenvalue weighted by molar-refractivity contribution is 5.98. The number of anilines is 1. The zero-order valence-corrected chi connectivity index (χ0v) is 9.33. The number of hydrogen-bond donors (Lipinski definition) is 4. The van der Waals surface area contributed by atoms with Crippen molar-refractivity contribution in [2.45, 2.75) is 0 Å².